The van der Waals surface area contributed by atoms with Crippen LogP contribution in [0.25, 0.3) is 0 Å². The molecule has 1 N–H and O–H groups in total. The van der Waals surface area contributed by atoms with Crippen molar-refractivity contribution in [3.05, 3.63) is 59.2 Å². The lowest BCUT2D eigenvalue weighted by atomic mass is 9.98. The van der Waals surface area contributed by atoms with Crippen LogP contribution < -0.4 is 4.72 Å². The third kappa shape index (κ3) is 6.67. The summed E-state index contributed by atoms with van der Waals surface area (Å²) in [6.07, 6.45) is 7.61. The smallest absolute Gasteiger partial charge is 0.255 e. The molecule has 2 aromatic carbocycles. The van der Waals surface area contributed by atoms with Crippen molar-refractivity contribution in [1.82, 2.24) is 14.5 Å². The van der Waals surface area contributed by atoms with Gasteiger partial charge in [0.15, 0.2) is 0 Å². The third-order valence-corrected chi connectivity index (χ3v) is 9.39. The second-order valence-electron chi connectivity index (χ2n) is 9.77. The number of likely N-dealkylation sites (tertiary alicyclic amines) is 2. The minimum atomic E-state index is -3.77. The molecule has 35 heavy (non-hydrogen) atoms. The fourth-order valence-corrected chi connectivity index (χ4v) is 6.50. The van der Waals surface area contributed by atoms with Crippen LogP contribution in [0.2, 0.25) is 0 Å². The van der Waals surface area contributed by atoms with Crippen molar-refractivity contribution in [2.45, 2.75) is 61.9 Å². The van der Waals surface area contributed by atoms with Crippen LogP contribution in [0.1, 0.15) is 60.5 Å². The summed E-state index contributed by atoms with van der Waals surface area (Å²) in [6.45, 7) is 6.90. The van der Waals surface area contributed by atoms with Crippen LogP contribution in [-0.4, -0.2) is 56.6 Å². The minimum absolute atomic E-state index is 0.0785. The van der Waals surface area contributed by atoms with Crippen molar-refractivity contribution < 1.29 is 13.2 Å². The highest BCUT2D eigenvalue weighted by atomic mass is 32.2. The summed E-state index contributed by atoms with van der Waals surface area (Å²) in [5.74, 6) is 0.540. The Morgan fingerprint density at radius 3 is 2.37 bits per heavy atom. The molecule has 190 valence electrons. The largest absolute Gasteiger partial charge is 0.339 e. The van der Waals surface area contributed by atoms with Crippen LogP contribution in [0.3, 0.4) is 0 Å². The molecule has 8 heteroatoms. The summed E-state index contributed by atoms with van der Waals surface area (Å²) >= 11 is 1.47. The molecule has 1 amide bonds. The van der Waals surface area contributed by atoms with Gasteiger partial charge in [-0.25, -0.2) is 13.1 Å². The number of benzene rings is 2. The predicted molar refractivity (Wildman–Crippen MR) is 142 cm³/mol. The van der Waals surface area contributed by atoms with Gasteiger partial charge < -0.3 is 4.90 Å². The van der Waals surface area contributed by atoms with Gasteiger partial charge in [0.1, 0.15) is 0 Å². The molecule has 2 fully saturated rings. The molecule has 0 atom stereocenters. The van der Waals surface area contributed by atoms with Gasteiger partial charge in [-0.1, -0.05) is 37.6 Å². The van der Waals surface area contributed by atoms with E-state index in [2.05, 4.69) is 22.6 Å². The average molecular weight is 516 g/mol. The van der Waals surface area contributed by atoms with Gasteiger partial charge in [0.05, 0.1) is 10.5 Å². The Balaban J connectivity index is 1.49. The van der Waals surface area contributed by atoms with Gasteiger partial charge in [-0.15, -0.1) is 11.8 Å². The Morgan fingerprint density at radius 1 is 1.00 bits per heavy atom. The zero-order valence-corrected chi connectivity index (χ0v) is 22.5. The molecular formula is C27H37N3O3S2. The summed E-state index contributed by atoms with van der Waals surface area (Å²) in [4.78, 5) is 18.5. The van der Waals surface area contributed by atoms with Crippen molar-refractivity contribution in [2.24, 2.45) is 5.92 Å². The van der Waals surface area contributed by atoms with Crippen LogP contribution in [0.15, 0.2) is 52.3 Å². The van der Waals surface area contributed by atoms with Crippen LogP contribution in [0, 0.1) is 5.92 Å². The van der Waals surface area contributed by atoms with E-state index in [1.165, 1.54) is 31.0 Å². The fraction of sp³-hybridized carbons (Fsp3) is 0.519. The number of carbonyl (C=O) groups is 1. The number of thioether (sulfide) groups is 1. The number of piperidine rings is 2. The fourth-order valence-electron chi connectivity index (χ4n) is 4.90. The number of carbonyl (C=O) groups excluding carboxylic acids is 1. The van der Waals surface area contributed by atoms with E-state index in [0.29, 0.717) is 11.5 Å². The molecule has 0 aliphatic carbocycles. The molecular weight excluding hydrogens is 478 g/mol. The van der Waals surface area contributed by atoms with Crippen LogP contribution in [0.5, 0.6) is 0 Å². The first-order valence-electron chi connectivity index (χ1n) is 12.6. The van der Waals surface area contributed by atoms with Gasteiger partial charge in [0.2, 0.25) is 10.0 Å². The molecule has 0 spiro atoms. The molecule has 0 saturated carbocycles. The Morgan fingerprint density at radius 2 is 1.69 bits per heavy atom. The Kier molecular flexibility index (Phi) is 8.92. The maximum absolute atomic E-state index is 13.3. The lowest BCUT2D eigenvalue weighted by molar-refractivity contribution is 0.0693. The normalized spacial score (nSPS) is 18.1. The van der Waals surface area contributed by atoms with Crippen molar-refractivity contribution in [2.75, 3.05) is 32.4 Å². The standard InChI is InChI=1S/C27H37N3O3S2/c1-21-12-16-30(17-13-21)27(31)25-18-24(10-11-26(25)34-2)35(32,33)28-19-22-8-4-5-9-23(22)20-29-14-6-3-7-15-29/h4-5,8-11,18,21,28H,3,6-7,12-17,19-20H2,1-2H3. The zero-order chi connectivity index (χ0) is 24.8. The Labute approximate surface area is 214 Å². The van der Waals surface area contributed by atoms with E-state index in [0.717, 1.165) is 61.6 Å². The van der Waals surface area contributed by atoms with Gasteiger partial charge in [0, 0.05) is 31.1 Å². The van der Waals surface area contributed by atoms with E-state index >= 15 is 0 Å². The molecule has 2 aliphatic rings. The molecule has 0 aromatic heterocycles. The monoisotopic (exact) mass is 515 g/mol. The summed E-state index contributed by atoms with van der Waals surface area (Å²) in [5, 5.41) is 0. The molecule has 6 nitrogen and oxygen atoms in total. The van der Waals surface area contributed by atoms with E-state index < -0.39 is 10.0 Å². The molecule has 2 aliphatic heterocycles. The third-order valence-electron chi connectivity index (χ3n) is 7.20. The lowest BCUT2D eigenvalue weighted by Gasteiger charge is -2.30. The molecule has 4 rings (SSSR count). The predicted octanol–water partition coefficient (Wildman–Crippen LogP) is 4.75. The first-order valence-corrected chi connectivity index (χ1v) is 15.3. The molecule has 2 aromatic rings. The quantitative estimate of drug-likeness (QED) is 0.514. The molecule has 2 heterocycles. The van der Waals surface area contributed by atoms with Crippen LogP contribution in [0.4, 0.5) is 0 Å². The van der Waals surface area contributed by atoms with Crippen molar-refractivity contribution in [3.8, 4) is 0 Å². The highest BCUT2D eigenvalue weighted by Crippen LogP contribution is 2.27. The molecule has 0 radical (unpaired) electrons. The van der Waals surface area contributed by atoms with Crippen molar-refractivity contribution in [1.29, 1.82) is 0 Å². The van der Waals surface area contributed by atoms with Gasteiger partial charge >= 0.3 is 0 Å². The van der Waals surface area contributed by atoms with E-state index in [1.54, 1.807) is 18.2 Å². The minimum Gasteiger partial charge on any atom is -0.339 e. The van der Waals surface area contributed by atoms with Crippen LogP contribution >= 0.6 is 11.8 Å². The second-order valence-corrected chi connectivity index (χ2v) is 12.4. The summed E-state index contributed by atoms with van der Waals surface area (Å²) in [5.41, 5.74) is 2.62. The SMILES string of the molecule is CSc1ccc(S(=O)(=O)NCc2ccccc2CN2CCCCC2)cc1C(=O)N1CCC(C)CC1. The molecule has 2 saturated heterocycles. The zero-order valence-electron chi connectivity index (χ0n) is 20.8. The molecule has 0 unspecified atom stereocenters. The number of hydrogen-bond donors (Lipinski definition) is 1. The number of rotatable bonds is 8. The summed E-state index contributed by atoms with van der Waals surface area (Å²) in [7, 11) is -3.77. The van der Waals surface area contributed by atoms with E-state index in [-0.39, 0.29) is 17.3 Å². The number of nitrogens with zero attached hydrogens (tertiary/aromatic N) is 2. The average Bonchev–Trinajstić information content (AvgIpc) is 2.88. The summed E-state index contributed by atoms with van der Waals surface area (Å²) in [6, 6.07) is 12.9. The van der Waals surface area contributed by atoms with Crippen molar-refractivity contribution >= 4 is 27.7 Å². The first kappa shape index (κ1) is 26.2. The first-order chi connectivity index (χ1) is 16.9. The topological polar surface area (TPSA) is 69.7 Å². The maximum Gasteiger partial charge on any atom is 0.255 e. The molecule has 0 bridgehead atoms. The second kappa shape index (κ2) is 11.9. The number of amides is 1. The van der Waals surface area contributed by atoms with Crippen molar-refractivity contribution in [3.63, 3.8) is 0 Å². The van der Waals surface area contributed by atoms with Gasteiger partial charge in [-0.3, -0.25) is 9.69 Å². The van der Waals surface area contributed by atoms with E-state index in [4.69, 9.17) is 0 Å². The number of sulfonamides is 1. The number of hydrogen-bond acceptors (Lipinski definition) is 5. The van der Waals surface area contributed by atoms with E-state index in [1.807, 2.05) is 29.4 Å². The summed E-state index contributed by atoms with van der Waals surface area (Å²) < 4.78 is 29.3. The Bertz CT molecular complexity index is 1120. The highest BCUT2D eigenvalue weighted by molar-refractivity contribution is 7.98. The lowest BCUT2D eigenvalue weighted by Crippen LogP contribution is -2.38. The Hall–Kier alpha value is -1.87. The van der Waals surface area contributed by atoms with Gasteiger partial charge in [0.25, 0.3) is 5.91 Å². The number of nitrogens with one attached hydrogen (secondary N) is 1. The van der Waals surface area contributed by atoms with Gasteiger partial charge in [-0.05, 0) is 80.3 Å². The van der Waals surface area contributed by atoms with Gasteiger partial charge in [-0.2, -0.15) is 0 Å². The van der Waals surface area contributed by atoms with Crippen LogP contribution in [-0.2, 0) is 23.1 Å². The highest BCUT2D eigenvalue weighted by Gasteiger charge is 2.25. The van der Waals surface area contributed by atoms with E-state index in [9.17, 15) is 13.2 Å². The maximum atomic E-state index is 13.3.